The Bertz CT molecular complexity index is 1810. The summed E-state index contributed by atoms with van der Waals surface area (Å²) in [5.41, 5.74) is 2.17. The third-order valence-electron chi connectivity index (χ3n) is 9.48. The van der Waals surface area contributed by atoms with Crippen LogP contribution in [0.5, 0.6) is 17.2 Å². The van der Waals surface area contributed by atoms with Crippen molar-refractivity contribution >= 4 is 16.9 Å². The highest BCUT2D eigenvalue weighted by Gasteiger charge is 2.42. The Kier molecular flexibility index (Phi) is 16.8. The SMILES string of the molecule is COCCOC[C@H](O)CO[C@@H]1CN(C(=O)OC(C)(C)C)C[C@H](OCc2cc(OC)c3ccccc3c2)[C@H]1c1ccc(OCCCOCc2ccccc2OC)cc1. The van der Waals surface area contributed by atoms with Gasteiger partial charge in [-0.2, -0.15) is 0 Å². The molecule has 1 amide bonds. The molecule has 4 aromatic rings. The molecule has 310 valence electrons. The molecule has 12 heteroatoms. The summed E-state index contributed by atoms with van der Waals surface area (Å²) in [5.74, 6) is 1.96. The number of amides is 1. The number of aliphatic hydroxyl groups is 1. The van der Waals surface area contributed by atoms with Crippen LogP contribution in [0.15, 0.2) is 84.9 Å². The van der Waals surface area contributed by atoms with E-state index in [1.807, 2.05) is 99.6 Å². The van der Waals surface area contributed by atoms with Crippen molar-refractivity contribution in [1.29, 1.82) is 0 Å². The van der Waals surface area contributed by atoms with Crippen molar-refractivity contribution in [3.05, 3.63) is 102 Å². The number of carbonyl (C=O) groups excluding carboxylic acids is 1. The van der Waals surface area contributed by atoms with Gasteiger partial charge in [0.25, 0.3) is 0 Å². The van der Waals surface area contributed by atoms with Gasteiger partial charge < -0.3 is 52.6 Å². The Hall–Kier alpha value is -4.43. The van der Waals surface area contributed by atoms with Gasteiger partial charge in [-0.05, 0) is 67.6 Å². The van der Waals surface area contributed by atoms with Crippen molar-refractivity contribution in [1.82, 2.24) is 4.90 Å². The third-order valence-corrected chi connectivity index (χ3v) is 9.48. The summed E-state index contributed by atoms with van der Waals surface area (Å²) in [4.78, 5) is 15.2. The van der Waals surface area contributed by atoms with E-state index in [0.717, 1.165) is 44.7 Å². The fourth-order valence-electron chi connectivity index (χ4n) is 6.77. The lowest BCUT2D eigenvalue weighted by molar-refractivity contribution is -0.114. The standard InChI is InChI=1S/C45H59NO11/c1-45(2,3)57-44(48)46-26-41(55-28-32-24-34-12-7-9-14-38(34)40(25-32)51-6)43(42(27-46)56-31-36(47)30-53-23-22-49-4)33-16-18-37(19-17-33)54-21-11-20-52-29-35-13-8-10-15-39(35)50-5/h7-10,12-19,24-25,36,41-43,47H,11,20-23,26-31H2,1-6H3/t36-,41-,42+,43+/m0/s1. The number of carbonyl (C=O) groups is 1. The summed E-state index contributed by atoms with van der Waals surface area (Å²) in [6.45, 7) is 8.60. The van der Waals surface area contributed by atoms with E-state index < -0.39 is 30.0 Å². The molecule has 1 N–H and O–H groups in total. The minimum atomic E-state index is -0.890. The highest BCUT2D eigenvalue weighted by molar-refractivity contribution is 5.89. The van der Waals surface area contributed by atoms with Gasteiger partial charge in [-0.1, -0.05) is 54.6 Å². The van der Waals surface area contributed by atoms with E-state index in [2.05, 4.69) is 6.07 Å². The molecule has 4 atom stereocenters. The van der Waals surface area contributed by atoms with Crippen LogP contribution in [0.4, 0.5) is 4.79 Å². The first-order chi connectivity index (χ1) is 27.6. The summed E-state index contributed by atoms with van der Waals surface area (Å²) in [7, 11) is 4.91. The second-order valence-corrected chi connectivity index (χ2v) is 15.0. The Morgan fingerprint density at radius 2 is 1.49 bits per heavy atom. The lowest BCUT2D eigenvalue weighted by atomic mass is 9.84. The average Bonchev–Trinajstić information content (AvgIpc) is 3.21. The zero-order chi connectivity index (χ0) is 40.6. The molecule has 0 unspecified atom stereocenters. The third kappa shape index (κ3) is 13.3. The average molecular weight is 790 g/mol. The van der Waals surface area contributed by atoms with Gasteiger partial charge in [0.2, 0.25) is 0 Å². The van der Waals surface area contributed by atoms with Crippen molar-refractivity contribution in [2.24, 2.45) is 0 Å². The Balaban J connectivity index is 1.32. The molecular formula is C45H59NO11. The predicted octanol–water partition coefficient (Wildman–Crippen LogP) is 7.17. The van der Waals surface area contributed by atoms with E-state index in [-0.39, 0.29) is 38.8 Å². The van der Waals surface area contributed by atoms with Gasteiger partial charge in [0.15, 0.2) is 0 Å². The first-order valence-electron chi connectivity index (χ1n) is 19.5. The van der Waals surface area contributed by atoms with Crippen molar-refractivity contribution in [2.75, 3.05) is 74.1 Å². The maximum absolute atomic E-state index is 13.6. The van der Waals surface area contributed by atoms with Crippen LogP contribution < -0.4 is 14.2 Å². The fraction of sp³-hybridized carbons (Fsp3) is 0.489. The maximum atomic E-state index is 13.6. The van der Waals surface area contributed by atoms with Crippen LogP contribution >= 0.6 is 0 Å². The molecule has 0 radical (unpaired) electrons. The number of para-hydroxylation sites is 1. The number of hydrogen-bond acceptors (Lipinski definition) is 11. The van der Waals surface area contributed by atoms with Crippen LogP contribution in [0.2, 0.25) is 0 Å². The number of ether oxygens (including phenoxy) is 9. The van der Waals surface area contributed by atoms with Crippen LogP contribution in [0.25, 0.3) is 10.8 Å². The predicted molar refractivity (Wildman–Crippen MR) is 217 cm³/mol. The van der Waals surface area contributed by atoms with Crippen LogP contribution in [0.1, 0.15) is 49.8 Å². The molecular weight excluding hydrogens is 730 g/mol. The first-order valence-corrected chi connectivity index (χ1v) is 19.5. The number of rotatable bonds is 21. The molecule has 4 aromatic carbocycles. The second kappa shape index (κ2) is 21.9. The second-order valence-electron chi connectivity index (χ2n) is 15.0. The number of aliphatic hydroxyl groups excluding tert-OH is 1. The minimum absolute atomic E-state index is 0.00871. The highest BCUT2D eigenvalue weighted by atomic mass is 16.6. The molecule has 12 nitrogen and oxygen atoms in total. The topological polar surface area (TPSA) is 124 Å². The summed E-state index contributed by atoms with van der Waals surface area (Å²) < 4.78 is 52.8. The summed E-state index contributed by atoms with van der Waals surface area (Å²) >= 11 is 0. The van der Waals surface area contributed by atoms with E-state index in [1.165, 1.54) is 0 Å². The molecule has 0 aromatic heterocycles. The molecule has 1 aliphatic rings. The normalized spacial score (nSPS) is 17.7. The Morgan fingerprint density at radius 3 is 2.23 bits per heavy atom. The van der Waals surface area contributed by atoms with Gasteiger partial charge in [0.05, 0.1) is 92.4 Å². The quantitative estimate of drug-likeness (QED) is 0.0865. The first kappa shape index (κ1) is 43.7. The van der Waals surface area contributed by atoms with E-state index in [9.17, 15) is 9.90 Å². The lowest BCUT2D eigenvalue weighted by Crippen LogP contribution is -2.55. The van der Waals surface area contributed by atoms with Gasteiger partial charge in [-0.3, -0.25) is 0 Å². The van der Waals surface area contributed by atoms with Crippen molar-refractivity contribution in [2.45, 2.75) is 70.2 Å². The van der Waals surface area contributed by atoms with Gasteiger partial charge in [0, 0.05) is 30.4 Å². The van der Waals surface area contributed by atoms with Crippen LogP contribution in [0.3, 0.4) is 0 Å². The molecule has 57 heavy (non-hydrogen) atoms. The van der Waals surface area contributed by atoms with Crippen LogP contribution in [-0.2, 0) is 41.6 Å². The molecule has 1 aliphatic heterocycles. The number of piperidine rings is 1. The van der Waals surface area contributed by atoms with Gasteiger partial charge in [-0.15, -0.1) is 0 Å². The number of hydrogen-bond donors (Lipinski definition) is 1. The zero-order valence-electron chi connectivity index (χ0n) is 34.1. The molecule has 1 heterocycles. The van der Waals surface area contributed by atoms with Crippen LogP contribution in [0, 0.1) is 0 Å². The summed E-state index contributed by atoms with van der Waals surface area (Å²) in [6.07, 6.45) is -1.70. The molecule has 0 bridgehead atoms. The summed E-state index contributed by atoms with van der Waals surface area (Å²) in [5, 5.41) is 12.8. The van der Waals surface area contributed by atoms with E-state index >= 15 is 0 Å². The smallest absolute Gasteiger partial charge is 0.410 e. The maximum Gasteiger partial charge on any atom is 0.410 e. The minimum Gasteiger partial charge on any atom is -0.496 e. The number of methoxy groups -OCH3 is 3. The van der Waals surface area contributed by atoms with E-state index in [0.29, 0.717) is 39.5 Å². The van der Waals surface area contributed by atoms with E-state index in [1.54, 1.807) is 26.2 Å². The van der Waals surface area contributed by atoms with E-state index in [4.69, 9.17) is 42.6 Å². The monoisotopic (exact) mass is 789 g/mol. The number of benzene rings is 4. The van der Waals surface area contributed by atoms with Gasteiger partial charge in [-0.25, -0.2) is 4.79 Å². The molecule has 5 rings (SSSR count). The van der Waals surface area contributed by atoms with Crippen LogP contribution in [-0.4, -0.2) is 114 Å². The zero-order valence-corrected chi connectivity index (χ0v) is 34.1. The number of fused-ring (bicyclic) bond motifs is 1. The van der Waals surface area contributed by atoms with Crippen molar-refractivity contribution in [3.8, 4) is 17.2 Å². The Labute approximate surface area is 336 Å². The number of likely N-dealkylation sites (tertiary alicyclic amines) is 1. The molecule has 0 spiro atoms. The van der Waals surface area contributed by atoms with Crippen molar-refractivity contribution < 1.29 is 52.5 Å². The molecule has 0 saturated carbocycles. The van der Waals surface area contributed by atoms with Crippen molar-refractivity contribution in [3.63, 3.8) is 0 Å². The largest absolute Gasteiger partial charge is 0.496 e. The molecule has 0 aliphatic carbocycles. The van der Waals surface area contributed by atoms with Gasteiger partial charge in [0.1, 0.15) is 29.0 Å². The highest BCUT2D eigenvalue weighted by Crippen LogP contribution is 2.36. The molecule has 1 saturated heterocycles. The number of nitrogens with zero attached hydrogens (tertiary/aromatic N) is 1. The van der Waals surface area contributed by atoms with Gasteiger partial charge >= 0.3 is 6.09 Å². The fourth-order valence-corrected chi connectivity index (χ4v) is 6.77. The lowest BCUT2D eigenvalue weighted by Gasteiger charge is -2.44. The summed E-state index contributed by atoms with van der Waals surface area (Å²) in [6, 6.07) is 27.8. The molecule has 1 fully saturated rings. The Morgan fingerprint density at radius 1 is 0.772 bits per heavy atom.